The van der Waals surface area contributed by atoms with Gasteiger partial charge in [0, 0.05) is 22.2 Å². The van der Waals surface area contributed by atoms with Crippen molar-refractivity contribution in [1.82, 2.24) is 0 Å². The quantitative estimate of drug-likeness (QED) is 0.836. The maximum atomic E-state index is 3.53. The number of aryl methyl sites for hydroxylation is 1. The van der Waals surface area contributed by atoms with Gasteiger partial charge in [0.05, 0.1) is 0 Å². The molecular formula is C14H23NS. The second kappa shape index (κ2) is 5.62. The van der Waals surface area contributed by atoms with Gasteiger partial charge in [0.15, 0.2) is 0 Å². The first-order chi connectivity index (χ1) is 7.37. The third kappa shape index (κ3) is 5.45. The Morgan fingerprint density at radius 3 is 2.56 bits per heavy atom. The monoisotopic (exact) mass is 237 g/mol. The first-order valence-corrected chi connectivity index (χ1v) is 6.82. The fourth-order valence-electron chi connectivity index (χ4n) is 1.44. The maximum absolute atomic E-state index is 3.53. The Hall–Kier alpha value is -0.630. The van der Waals surface area contributed by atoms with Crippen molar-refractivity contribution in [3.05, 3.63) is 29.8 Å². The smallest absolute Gasteiger partial charge is 0.0345 e. The fourth-order valence-corrected chi connectivity index (χ4v) is 2.27. The normalized spacial score (nSPS) is 13.6. The van der Waals surface area contributed by atoms with Crippen molar-refractivity contribution in [3.63, 3.8) is 0 Å². The van der Waals surface area contributed by atoms with Crippen molar-refractivity contribution < 1.29 is 0 Å². The SMILES string of the molecule is Cc1cccc(NC(C)CSC(C)(C)C)c1. The number of thioether (sulfide) groups is 1. The Bertz CT molecular complexity index is 328. The first-order valence-electron chi connectivity index (χ1n) is 5.84. The third-order valence-electron chi connectivity index (χ3n) is 2.20. The van der Waals surface area contributed by atoms with E-state index in [-0.39, 0.29) is 0 Å². The number of anilines is 1. The van der Waals surface area contributed by atoms with Gasteiger partial charge >= 0.3 is 0 Å². The van der Waals surface area contributed by atoms with E-state index in [4.69, 9.17) is 0 Å². The Labute approximate surface area is 104 Å². The van der Waals surface area contributed by atoms with Gasteiger partial charge < -0.3 is 5.32 Å². The van der Waals surface area contributed by atoms with Crippen LogP contribution in [0.15, 0.2) is 24.3 Å². The van der Waals surface area contributed by atoms with Gasteiger partial charge in [0.1, 0.15) is 0 Å². The topological polar surface area (TPSA) is 12.0 Å². The number of benzene rings is 1. The van der Waals surface area contributed by atoms with Gasteiger partial charge in [-0.3, -0.25) is 0 Å². The van der Waals surface area contributed by atoms with Crippen molar-refractivity contribution in [1.29, 1.82) is 0 Å². The lowest BCUT2D eigenvalue weighted by molar-refractivity contribution is 0.794. The highest BCUT2D eigenvalue weighted by Crippen LogP contribution is 2.24. The van der Waals surface area contributed by atoms with Crippen LogP contribution in [0.4, 0.5) is 5.69 Å². The summed E-state index contributed by atoms with van der Waals surface area (Å²) in [7, 11) is 0. The minimum absolute atomic E-state index is 0.350. The van der Waals surface area contributed by atoms with E-state index in [1.165, 1.54) is 11.3 Å². The van der Waals surface area contributed by atoms with Gasteiger partial charge in [-0.05, 0) is 31.5 Å². The van der Waals surface area contributed by atoms with Crippen molar-refractivity contribution >= 4 is 17.4 Å². The maximum Gasteiger partial charge on any atom is 0.0345 e. The predicted molar refractivity (Wildman–Crippen MR) is 76.5 cm³/mol. The summed E-state index contributed by atoms with van der Waals surface area (Å²) in [6.45, 7) is 11.1. The zero-order valence-electron chi connectivity index (χ0n) is 11.0. The van der Waals surface area contributed by atoms with E-state index in [1.54, 1.807) is 0 Å². The van der Waals surface area contributed by atoms with Crippen LogP contribution in [0.5, 0.6) is 0 Å². The predicted octanol–water partition coefficient (Wildman–Crippen LogP) is 4.33. The minimum Gasteiger partial charge on any atom is -0.382 e. The first kappa shape index (κ1) is 13.4. The highest BCUT2D eigenvalue weighted by Gasteiger charge is 2.12. The second-order valence-corrected chi connectivity index (χ2v) is 7.18. The average molecular weight is 237 g/mol. The highest BCUT2D eigenvalue weighted by molar-refractivity contribution is 8.00. The Morgan fingerprint density at radius 1 is 1.31 bits per heavy atom. The molecule has 1 atom stereocenters. The molecule has 0 aromatic heterocycles. The lowest BCUT2D eigenvalue weighted by Gasteiger charge is -2.22. The molecule has 0 aliphatic rings. The largest absolute Gasteiger partial charge is 0.382 e. The molecule has 0 heterocycles. The summed E-state index contributed by atoms with van der Waals surface area (Å²) in [5, 5.41) is 3.53. The molecule has 0 spiro atoms. The van der Waals surface area contributed by atoms with Crippen molar-refractivity contribution in [3.8, 4) is 0 Å². The van der Waals surface area contributed by atoms with E-state index in [0.717, 1.165) is 5.75 Å². The van der Waals surface area contributed by atoms with E-state index in [9.17, 15) is 0 Å². The molecule has 0 saturated heterocycles. The van der Waals surface area contributed by atoms with Gasteiger partial charge in [-0.15, -0.1) is 0 Å². The molecule has 0 aliphatic carbocycles. The van der Waals surface area contributed by atoms with E-state index < -0.39 is 0 Å². The molecule has 2 heteroatoms. The molecule has 1 nitrogen and oxygen atoms in total. The summed E-state index contributed by atoms with van der Waals surface area (Å²) in [6, 6.07) is 9.05. The summed E-state index contributed by atoms with van der Waals surface area (Å²) in [5.41, 5.74) is 2.53. The minimum atomic E-state index is 0.350. The zero-order chi connectivity index (χ0) is 12.2. The zero-order valence-corrected chi connectivity index (χ0v) is 11.8. The molecule has 0 fully saturated rings. The van der Waals surface area contributed by atoms with Crippen LogP contribution < -0.4 is 5.32 Å². The Kier molecular flexibility index (Phi) is 4.72. The molecule has 16 heavy (non-hydrogen) atoms. The van der Waals surface area contributed by atoms with Gasteiger partial charge in [0.2, 0.25) is 0 Å². The molecule has 1 unspecified atom stereocenters. The molecule has 90 valence electrons. The van der Waals surface area contributed by atoms with Crippen molar-refractivity contribution in [2.24, 2.45) is 0 Å². The number of rotatable bonds is 4. The third-order valence-corrected chi connectivity index (χ3v) is 3.73. The summed E-state index contributed by atoms with van der Waals surface area (Å²) < 4.78 is 0.350. The standard InChI is InChI=1S/C14H23NS/c1-11-7-6-8-13(9-11)15-12(2)10-16-14(3,4)5/h6-9,12,15H,10H2,1-5H3. The van der Waals surface area contributed by atoms with Crippen molar-refractivity contribution in [2.75, 3.05) is 11.1 Å². The molecule has 0 saturated carbocycles. The van der Waals surface area contributed by atoms with Gasteiger partial charge in [-0.1, -0.05) is 32.9 Å². The molecule has 1 aromatic rings. The van der Waals surface area contributed by atoms with Crippen LogP contribution in [-0.4, -0.2) is 16.5 Å². The molecule has 0 radical (unpaired) electrons. The van der Waals surface area contributed by atoms with Crippen LogP contribution in [0.1, 0.15) is 33.3 Å². The number of hydrogen-bond acceptors (Lipinski definition) is 2. The van der Waals surface area contributed by atoms with Gasteiger partial charge in [-0.2, -0.15) is 11.8 Å². The van der Waals surface area contributed by atoms with Crippen LogP contribution >= 0.6 is 11.8 Å². The lowest BCUT2D eigenvalue weighted by atomic mass is 10.2. The van der Waals surface area contributed by atoms with E-state index in [0.29, 0.717) is 10.8 Å². The van der Waals surface area contributed by atoms with E-state index in [2.05, 4.69) is 64.2 Å². The van der Waals surface area contributed by atoms with E-state index in [1.807, 2.05) is 11.8 Å². The number of hydrogen-bond donors (Lipinski definition) is 1. The lowest BCUT2D eigenvalue weighted by Crippen LogP contribution is -2.21. The summed E-state index contributed by atoms with van der Waals surface area (Å²) in [5.74, 6) is 1.14. The molecular weight excluding hydrogens is 214 g/mol. The fraction of sp³-hybridized carbons (Fsp3) is 0.571. The summed E-state index contributed by atoms with van der Waals surface area (Å²) >= 11 is 2.00. The van der Waals surface area contributed by atoms with Crippen LogP contribution in [0.2, 0.25) is 0 Å². The van der Waals surface area contributed by atoms with Gasteiger partial charge in [0.25, 0.3) is 0 Å². The second-order valence-electron chi connectivity index (χ2n) is 5.34. The van der Waals surface area contributed by atoms with Crippen LogP contribution in [-0.2, 0) is 0 Å². The average Bonchev–Trinajstić information content (AvgIpc) is 2.14. The summed E-state index contributed by atoms with van der Waals surface area (Å²) in [6.07, 6.45) is 0. The van der Waals surface area contributed by atoms with Gasteiger partial charge in [-0.25, -0.2) is 0 Å². The Balaban J connectivity index is 2.43. The molecule has 1 rings (SSSR count). The van der Waals surface area contributed by atoms with Crippen LogP contribution in [0.3, 0.4) is 0 Å². The highest BCUT2D eigenvalue weighted by atomic mass is 32.2. The number of nitrogens with one attached hydrogen (secondary N) is 1. The summed E-state index contributed by atoms with van der Waals surface area (Å²) in [4.78, 5) is 0. The van der Waals surface area contributed by atoms with Crippen LogP contribution in [0, 0.1) is 6.92 Å². The molecule has 0 aliphatic heterocycles. The molecule has 0 amide bonds. The van der Waals surface area contributed by atoms with E-state index >= 15 is 0 Å². The van der Waals surface area contributed by atoms with Crippen molar-refractivity contribution in [2.45, 2.75) is 45.4 Å². The molecule has 1 aromatic carbocycles. The van der Waals surface area contributed by atoms with Crippen LogP contribution in [0.25, 0.3) is 0 Å². The molecule has 0 bridgehead atoms. The Morgan fingerprint density at radius 2 is 2.00 bits per heavy atom. The molecule has 1 N–H and O–H groups in total.